The van der Waals surface area contributed by atoms with Crippen LogP contribution >= 0.6 is 11.3 Å². The minimum Gasteiger partial charge on any atom is -0.354 e. The number of rotatable bonds is 5. The monoisotopic (exact) mass is 358 g/mol. The van der Waals surface area contributed by atoms with E-state index in [-0.39, 0.29) is 17.7 Å². The molecule has 0 saturated heterocycles. The third-order valence-electron chi connectivity index (χ3n) is 5.09. The molecular weight excluding hydrogens is 336 g/mol. The van der Waals surface area contributed by atoms with Crippen LogP contribution in [-0.2, 0) is 22.6 Å². The zero-order valence-corrected chi connectivity index (χ0v) is 15.0. The lowest BCUT2D eigenvalue weighted by Gasteiger charge is -2.33. The Morgan fingerprint density at radius 2 is 2.24 bits per heavy atom. The molecule has 2 amide bonds. The van der Waals surface area contributed by atoms with Crippen LogP contribution in [-0.4, -0.2) is 39.6 Å². The van der Waals surface area contributed by atoms with Gasteiger partial charge in [-0.3, -0.25) is 14.3 Å². The molecule has 1 saturated carbocycles. The summed E-state index contributed by atoms with van der Waals surface area (Å²) in [6, 6.07) is 5.53. The van der Waals surface area contributed by atoms with E-state index in [0.717, 1.165) is 18.5 Å². The van der Waals surface area contributed by atoms with Crippen molar-refractivity contribution in [3.8, 4) is 0 Å². The van der Waals surface area contributed by atoms with E-state index in [2.05, 4.69) is 23.4 Å². The van der Waals surface area contributed by atoms with Gasteiger partial charge in [0.15, 0.2) is 0 Å². The van der Waals surface area contributed by atoms with E-state index in [0.29, 0.717) is 25.6 Å². The maximum Gasteiger partial charge on any atom is 0.246 e. The Hall–Kier alpha value is -2.15. The number of carbonyl (C=O) groups is 2. The fourth-order valence-corrected chi connectivity index (χ4v) is 4.15. The minimum absolute atomic E-state index is 0.0668. The summed E-state index contributed by atoms with van der Waals surface area (Å²) in [6.07, 6.45) is 3.49. The second kappa shape index (κ2) is 6.63. The van der Waals surface area contributed by atoms with Crippen LogP contribution in [0.3, 0.4) is 0 Å². The molecular formula is C18H22N4O2S. The number of amides is 2. The number of hydrogen-bond donors (Lipinski definition) is 1. The van der Waals surface area contributed by atoms with Crippen molar-refractivity contribution in [2.75, 3.05) is 13.1 Å². The van der Waals surface area contributed by atoms with Gasteiger partial charge in [0.25, 0.3) is 0 Å². The zero-order valence-electron chi connectivity index (χ0n) is 14.2. The Kier molecular flexibility index (Phi) is 4.33. The molecule has 0 bridgehead atoms. The summed E-state index contributed by atoms with van der Waals surface area (Å²) >= 11 is 1.69. The molecule has 6 nitrogen and oxygen atoms in total. The molecule has 1 aliphatic carbocycles. The van der Waals surface area contributed by atoms with Crippen molar-refractivity contribution in [1.29, 1.82) is 0 Å². The quantitative estimate of drug-likeness (QED) is 0.887. The molecule has 2 aromatic heterocycles. The van der Waals surface area contributed by atoms with Crippen LogP contribution in [0.15, 0.2) is 29.8 Å². The molecule has 2 aromatic rings. The van der Waals surface area contributed by atoms with Crippen LogP contribution in [0.2, 0.25) is 0 Å². The topological polar surface area (TPSA) is 67.2 Å². The fraction of sp³-hybridized carbons (Fsp3) is 0.500. The van der Waals surface area contributed by atoms with E-state index in [9.17, 15) is 9.59 Å². The normalized spacial score (nSPS) is 24.7. The summed E-state index contributed by atoms with van der Waals surface area (Å²) in [7, 11) is 0. The number of fused-ring (bicyclic) bond motifs is 1. The molecule has 1 fully saturated rings. The summed E-state index contributed by atoms with van der Waals surface area (Å²) in [4.78, 5) is 28.4. The molecule has 3 heterocycles. The van der Waals surface area contributed by atoms with Gasteiger partial charge in [-0.1, -0.05) is 13.0 Å². The lowest BCUT2D eigenvalue weighted by Crippen LogP contribution is -2.47. The molecule has 132 valence electrons. The van der Waals surface area contributed by atoms with Crippen LogP contribution < -0.4 is 5.32 Å². The lowest BCUT2D eigenvalue weighted by atomic mass is 10.1. The van der Waals surface area contributed by atoms with Crippen molar-refractivity contribution in [2.24, 2.45) is 11.8 Å². The largest absolute Gasteiger partial charge is 0.354 e. The van der Waals surface area contributed by atoms with Crippen LogP contribution in [0.25, 0.3) is 0 Å². The van der Waals surface area contributed by atoms with Gasteiger partial charge in [0, 0.05) is 23.5 Å². The highest BCUT2D eigenvalue weighted by Crippen LogP contribution is 2.40. The molecule has 7 heteroatoms. The lowest BCUT2D eigenvalue weighted by molar-refractivity contribution is -0.137. The summed E-state index contributed by atoms with van der Waals surface area (Å²) in [5.74, 6) is 0.716. The van der Waals surface area contributed by atoms with E-state index < -0.39 is 6.04 Å². The second-order valence-electron chi connectivity index (χ2n) is 6.94. The first kappa shape index (κ1) is 16.3. The highest BCUT2D eigenvalue weighted by atomic mass is 32.1. The standard InChI is InChI=1S/C18H22N4O2S/c1-12-9-15(12)18(24)21-10-13-4-7-20-22(13)16(11-21)17(23)19-6-5-14-3-2-8-25-14/h2-4,7-8,12,15-16H,5-6,9-11H2,1H3,(H,19,23)/t12-,15-,16+/m1/s1. The number of nitrogens with zero attached hydrogens (tertiary/aromatic N) is 3. The smallest absolute Gasteiger partial charge is 0.246 e. The van der Waals surface area contributed by atoms with Crippen LogP contribution in [0, 0.1) is 11.8 Å². The Bertz CT molecular complexity index is 770. The van der Waals surface area contributed by atoms with E-state index in [1.54, 1.807) is 22.2 Å². The van der Waals surface area contributed by atoms with Gasteiger partial charge in [0.1, 0.15) is 6.04 Å². The van der Waals surface area contributed by atoms with Crippen LogP contribution in [0.4, 0.5) is 0 Å². The van der Waals surface area contributed by atoms with E-state index in [4.69, 9.17) is 0 Å². The van der Waals surface area contributed by atoms with E-state index in [1.165, 1.54) is 4.88 Å². The summed E-state index contributed by atoms with van der Waals surface area (Å²) in [6.45, 7) is 3.65. The zero-order chi connectivity index (χ0) is 17.4. The average molecular weight is 358 g/mol. The summed E-state index contributed by atoms with van der Waals surface area (Å²) in [5, 5.41) is 9.35. The molecule has 4 rings (SSSR count). The summed E-state index contributed by atoms with van der Waals surface area (Å²) in [5.41, 5.74) is 0.923. The van der Waals surface area contributed by atoms with Gasteiger partial charge in [0.2, 0.25) is 11.8 Å². The first-order valence-corrected chi connectivity index (χ1v) is 9.62. The number of nitrogens with one attached hydrogen (secondary N) is 1. The van der Waals surface area contributed by atoms with Crippen molar-refractivity contribution in [1.82, 2.24) is 20.0 Å². The molecule has 25 heavy (non-hydrogen) atoms. The third-order valence-corrected chi connectivity index (χ3v) is 6.02. The number of hydrogen-bond acceptors (Lipinski definition) is 4. The molecule has 0 unspecified atom stereocenters. The van der Waals surface area contributed by atoms with Crippen molar-refractivity contribution in [3.05, 3.63) is 40.3 Å². The van der Waals surface area contributed by atoms with E-state index >= 15 is 0 Å². The Morgan fingerprint density at radius 3 is 2.96 bits per heavy atom. The van der Waals surface area contributed by atoms with E-state index in [1.807, 2.05) is 22.4 Å². The maximum atomic E-state index is 12.7. The highest BCUT2D eigenvalue weighted by Gasteiger charge is 2.43. The molecule has 1 N–H and O–H groups in total. The number of carbonyl (C=O) groups excluding carboxylic acids is 2. The number of thiophene rings is 1. The fourth-order valence-electron chi connectivity index (χ4n) is 3.44. The molecule has 1 aliphatic heterocycles. The SMILES string of the molecule is C[C@@H]1C[C@H]1C(=O)N1Cc2ccnn2[C@H](C(=O)NCCc2cccs2)C1. The average Bonchev–Trinajstić information content (AvgIpc) is 3.03. The van der Waals surface area contributed by atoms with Crippen molar-refractivity contribution in [3.63, 3.8) is 0 Å². The number of aromatic nitrogens is 2. The minimum atomic E-state index is -0.444. The van der Waals surface area contributed by atoms with Crippen molar-refractivity contribution < 1.29 is 9.59 Å². The van der Waals surface area contributed by atoms with Gasteiger partial charge in [-0.25, -0.2) is 0 Å². The Balaban J connectivity index is 1.42. The molecule has 2 aliphatic rings. The van der Waals surface area contributed by atoms with Crippen molar-refractivity contribution in [2.45, 2.75) is 32.4 Å². The maximum absolute atomic E-state index is 12.7. The molecule has 3 atom stereocenters. The first-order chi connectivity index (χ1) is 12.1. The predicted octanol–water partition coefficient (Wildman–Crippen LogP) is 1.84. The molecule has 0 radical (unpaired) electrons. The summed E-state index contributed by atoms with van der Waals surface area (Å²) < 4.78 is 1.76. The highest BCUT2D eigenvalue weighted by molar-refractivity contribution is 7.09. The second-order valence-corrected chi connectivity index (χ2v) is 7.97. The van der Waals surface area contributed by atoms with Gasteiger partial charge in [-0.05, 0) is 36.3 Å². The van der Waals surface area contributed by atoms with Crippen molar-refractivity contribution >= 4 is 23.2 Å². The first-order valence-electron chi connectivity index (χ1n) is 8.74. The van der Waals surface area contributed by atoms with Gasteiger partial charge < -0.3 is 10.2 Å². The predicted molar refractivity (Wildman–Crippen MR) is 95.0 cm³/mol. The van der Waals surface area contributed by atoms with Gasteiger partial charge in [-0.15, -0.1) is 11.3 Å². The van der Waals surface area contributed by atoms with Crippen LogP contribution in [0.1, 0.15) is 30.0 Å². The Morgan fingerprint density at radius 1 is 1.40 bits per heavy atom. The Labute approximate surface area is 150 Å². The third kappa shape index (κ3) is 3.33. The molecule has 0 aromatic carbocycles. The van der Waals surface area contributed by atoms with Gasteiger partial charge >= 0.3 is 0 Å². The van der Waals surface area contributed by atoms with Gasteiger partial charge in [0.05, 0.1) is 18.8 Å². The van der Waals surface area contributed by atoms with Crippen LogP contribution in [0.5, 0.6) is 0 Å². The molecule has 0 spiro atoms. The van der Waals surface area contributed by atoms with Gasteiger partial charge in [-0.2, -0.15) is 5.10 Å².